The average molecular weight is 365 g/mol. The zero-order valence-corrected chi connectivity index (χ0v) is 16.7. The number of hydrogen-bond acceptors (Lipinski definition) is 3. The van der Waals surface area contributed by atoms with E-state index in [9.17, 15) is 0 Å². The maximum Gasteiger partial charge on any atom is 0.0197 e. The molecule has 2 heterocycles. The van der Waals surface area contributed by atoms with Crippen molar-refractivity contribution in [3.63, 3.8) is 0 Å². The third-order valence-corrected chi connectivity index (χ3v) is 6.60. The van der Waals surface area contributed by atoms with Gasteiger partial charge in [-0.15, -0.1) is 0 Å². The molecule has 2 nitrogen and oxygen atoms in total. The maximum absolute atomic E-state index is 2.66. The number of fused-ring (bicyclic) bond motifs is 4. The van der Waals surface area contributed by atoms with Gasteiger partial charge in [-0.2, -0.15) is 0 Å². The largest absolute Gasteiger partial charge is 0.309 e. The molecule has 2 aromatic carbocycles. The molecule has 0 aromatic heterocycles. The van der Waals surface area contributed by atoms with Crippen molar-refractivity contribution in [3.8, 4) is 0 Å². The summed E-state index contributed by atoms with van der Waals surface area (Å²) in [4.78, 5) is 7.77. The van der Waals surface area contributed by atoms with E-state index in [1.165, 1.54) is 53.5 Å². The van der Waals surface area contributed by atoms with E-state index < -0.39 is 0 Å². The van der Waals surface area contributed by atoms with Gasteiger partial charge in [0, 0.05) is 22.9 Å². The minimum absolute atomic E-state index is 1.16. The molecule has 0 bridgehead atoms. The smallest absolute Gasteiger partial charge is 0.0197 e. The van der Waals surface area contributed by atoms with Gasteiger partial charge in [-0.3, -0.25) is 0 Å². The summed E-state index contributed by atoms with van der Waals surface area (Å²) >= 11 is 1.93. The van der Waals surface area contributed by atoms with Gasteiger partial charge in [0.1, 0.15) is 0 Å². The van der Waals surface area contributed by atoms with Crippen molar-refractivity contribution in [2.45, 2.75) is 29.1 Å². The Morgan fingerprint density at radius 2 is 1.38 bits per heavy atom. The third kappa shape index (κ3) is 3.75. The molecule has 0 unspecified atom stereocenters. The summed E-state index contributed by atoms with van der Waals surface area (Å²) in [6.45, 7) is 4.73. The first kappa shape index (κ1) is 17.8. The monoisotopic (exact) mass is 364 g/mol. The second-order valence-corrected chi connectivity index (χ2v) is 8.63. The summed E-state index contributed by atoms with van der Waals surface area (Å²) in [5, 5.41) is 0. The third-order valence-electron chi connectivity index (χ3n) is 5.44. The van der Waals surface area contributed by atoms with Crippen LogP contribution in [0.3, 0.4) is 0 Å². The Kier molecular flexibility index (Phi) is 5.49. The molecular weight excluding hydrogens is 336 g/mol. The summed E-state index contributed by atoms with van der Waals surface area (Å²) in [6.07, 6.45) is 3.56. The standard InChI is InChI=1S/C23H28N2S/c1-24(2)14-7-15-25-16-12-18-19(13-17-25)21-9-4-6-11-23(21)26-22-10-5-3-8-20(18)22/h3-6,8-11H,7,12-17H2,1-2H3. The molecule has 0 radical (unpaired) electrons. The lowest BCUT2D eigenvalue weighted by molar-refractivity contribution is 0.268. The summed E-state index contributed by atoms with van der Waals surface area (Å²) in [5.41, 5.74) is 6.07. The highest BCUT2D eigenvalue weighted by Gasteiger charge is 2.24. The minimum Gasteiger partial charge on any atom is -0.309 e. The van der Waals surface area contributed by atoms with Crippen LogP contribution in [0.4, 0.5) is 0 Å². The van der Waals surface area contributed by atoms with Crippen LogP contribution in [0.15, 0.2) is 58.3 Å². The second kappa shape index (κ2) is 7.99. The Hall–Kier alpha value is -1.55. The molecule has 0 spiro atoms. The van der Waals surface area contributed by atoms with Crippen molar-refractivity contribution < 1.29 is 0 Å². The van der Waals surface area contributed by atoms with Gasteiger partial charge in [0.15, 0.2) is 0 Å². The van der Waals surface area contributed by atoms with Crippen LogP contribution in [0.2, 0.25) is 0 Å². The fourth-order valence-corrected chi connectivity index (χ4v) is 5.24. The van der Waals surface area contributed by atoms with Crippen LogP contribution >= 0.6 is 11.8 Å². The van der Waals surface area contributed by atoms with Gasteiger partial charge in [-0.1, -0.05) is 48.2 Å². The molecule has 2 aromatic rings. The van der Waals surface area contributed by atoms with Crippen molar-refractivity contribution >= 4 is 22.9 Å². The first-order valence-electron chi connectivity index (χ1n) is 9.68. The van der Waals surface area contributed by atoms with Gasteiger partial charge in [0.25, 0.3) is 0 Å². The second-order valence-electron chi connectivity index (χ2n) is 7.55. The highest BCUT2D eigenvalue weighted by molar-refractivity contribution is 7.99. The Morgan fingerprint density at radius 3 is 1.92 bits per heavy atom. The lowest BCUT2D eigenvalue weighted by Gasteiger charge is -2.21. The topological polar surface area (TPSA) is 6.48 Å². The summed E-state index contributed by atoms with van der Waals surface area (Å²) in [7, 11) is 4.33. The van der Waals surface area contributed by atoms with E-state index in [0.29, 0.717) is 0 Å². The van der Waals surface area contributed by atoms with Crippen molar-refractivity contribution in [3.05, 3.63) is 59.7 Å². The molecule has 3 heteroatoms. The molecule has 0 atom stereocenters. The van der Waals surface area contributed by atoms with E-state index in [0.717, 1.165) is 12.8 Å². The molecule has 2 aliphatic heterocycles. The Bertz CT molecular complexity index is 750. The molecule has 26 heavy (non-hydrogen) atoms. The molecule has 0 saturated carbocycles. The average Bonchev–Trinajstić information content (AvgIpc) is 2.92. The zero-order valence-electron chi connectivity index (χ0n) is 15.9. The van der Waals surface area contributed by atoms with Gasteiger partial charge < -0.3 is 9.80 Å². The highest BCUT2D eigenvalue weighted by atomic mass is 32.2. The van der Waals surface area contributed by atoms with Crippen molar-refractivity contribution in [1.82, 2.24) is 9.80 Å². The van der Waals surface area contributed by atoms with Crippen LogP contribution in [0.5, 0.6) is 0 Å². The molecule has 4 rings (SSSR count). The van der Waals surface area contributed by atoms with E-state index >= 15 is 0 Å². The van der Waals surface area contributed by atoms with Gasteiger partial charge in [0.05, 0.1) is 0 Å². The predicted octanol–water partition coefficient (Wildman–Crippen LogP) is 5.11. The highest BCUT2D eigenvalue weighted by Crippen LogP contribution is 2.46. The number of rotatable bonds is 4. The van der Waals surface area contributed by atoms with Crippen LogP contribution in [-0.4, -0.2) is 50.1 Å². The molecule has 0 saturated heterocycles. The summed E-state index contributed by atoms with van der Waals surface area (Å²) in [6, 6.07) is 17.9. The fourth-order valence-electron chi connectivity index (χ4n) is 4.11. The maximum atomic E-state index is 2.66. The molecule has 0 N–H and O–H groups in total. The van der Waals surface area contributed by atoms with Crippen LogP contribution in [0.1, 0.15) is 30.4 Å². The van der Waals surface area contributed by atoms with Crippen LogP contribution in [0.25, 0.3) is 11.1 Å². The van der Waals surface area contributed by atoms with E-state index in [-0.39, 0.29) is 0 Å². The minimum atomic E-state index is 1.16. The van der Waals surface area contributed by atoms with Gasteiger partial charge in [-0.25, -0.2) is 0 Å². The Labute approximate surface area is 161 Å². The molecular formula is C23H28N2S. The van der Waals surface area contributed by atoms with E-state index in [4.69, 9.17) is 0 Å². The summed E-state index contributed by atoms with van der Waals surface area (Å²) < 4.78 is 0. The van der Waals surface area contributed by atoms with Crippen LogP contribution in [-0.2, 0) is 0 Å². The molecule has 0 amide bonds. The number of nitrogens with zero attached hydrogens (tertiary/aromatic N) is 2. The molecule has 0 aliphatic carbocycles. The van der Waals surface area contributed by atoms with Gasteiger partial charge in [0.2, 0.25) is 0 Å². The van der Waals surface area contributed by atoms with Crippen molar-refractivity contribution in [1.29, 1.82) is 0 Å². The number of benzene rings is 2. The Morgan fingerprint density at radius 1 is 0.846 bits per heavy atom. The molecule has 2 aliphatic rings. The van der Waals surface area contributed by atoms with E-state index in [2.05, 4.69) is 72.4 Å². The SMILES string of the molecule is CN(C)CCCN1CCC2=C(CC1)c1ccccc1Sc1ccccc12. The zero-order chi connectivity index (χ0) is 17.9. The summed E-state index contributed by atoms with van der Waals surface area (Å²) in [5.74, 6) is 0. The van der Waals surface area contributed by atoms with Gasteiger partial charge in [-0.05, 0) is 80.9 Å². The van der Waals surface area contributed by atoms with E-state index in [1.807, 2.05) is 11.8 Å². The fraction of sp³-hybridized carbons (Fsp3) is 0.391. The lowest BCUT2D eigenvalue weighted by Crippen LogP contribution is -2.28. The van der Waals surface area contributed by atoms with Crippen LogP contribution < -0.4 is 0 Å². The molecule has 136 valence electrons. The predicted molar refractivity (Wildman–Crippen MR) is 113 cm³/mol. The first-order chi connectivity index (χ1) is 12.7. The quantitative estimate of drug-likeness (QED) is 0.744. The van der Waals surface area contributed by atoms with Crippen LogP contribution in [0, 0.1) is 0 Å². The van der Waals surface area contributed by atoms with E-state index in [1.54, 1.807) is 11.1 Å². The van der Waals surface area contributed by atoms with Gasteiger partial charge >= 0.3 is 0 Å². The molecule has 0 fully saturated rings. The first-order valence-corrected chi connectivity index (χ1v) is 10.5. The normalized spacial score (nSPS) is 17.3. The number of hydrogen-bond donors (Lipinski definition) is 0. The van der Waals surface area contributed by atoms with Crippen molar-refractivity contribution in [2.75, 3.05) is 40.3 Å². The lowest BCUT2D eigenvalue weighted by atomic mass is 9.91. The van der Waals surface area contributed by atoms with Crippen molar-refractivity contribution in [2.24, 2.45) is 0 Å². The Balaban J connectivity index is 1.64.